The van der Waals surface area contributed by atoms with Crippen molar-refractivity contribution >= 4 is 6.03 Å². The molecule has 1 atom stereocenters. The molecule has 0 spiro atoms. The lowest BCUT2D eigenvalue weighted by Gasteiger charge is -2.36. The minimum Gasteiger partial charge on any atom is -0.388 e. The number of hydrogen-bond donors (Lipinski definition) is 3. The van der Waals surface area contributed by atoms with Crippen molar-refractivity contribution < 1.29 is 9.90 Å². The summed E-state index contributed by atoms with van der Waals surface area (Å²) in [6.07, 6.45) is 7.39. The molecule has 1 aliphatic carbocycles. The molecule has 1 fully saturated rings. The van der Waals surface area contributed by atoms with Crippen LogP contribution < -0.4 is 10.6 Å². The first-order valence-corrected chi connectivity index (χ1v) is 7.33. The average molecular weight is 256 g/mol. The minimum absolute atomic E-state index is 0.148. The van der Waals surface area contributed by atoms with Crippen molar-refractivity contribution in [3.63, 3.8) is 0 Å². The topological polar surface area (TPSA) is 61.4 Å². The van der Waals surface area contributed by atoms with Gasteiger partial charge in [-0.1, -0.05) is 33.1 Å². The van der Waals surface area contributed by atoms with Gasteiger partial charge in [-0.05, 0) is 31.6 Å². The molecule has 0 aromatic carbocycles. The first-order chi connectivity index (χ1) is 8.59. The van der Waals surface area contributed by atoms with Gasteiger partial charge >= 0.3 is 6.03 Å². The molecular weight excluding hydrogens is 228 g/mol. The monoisotopic (exact) mass is 256 g/mol. The van der Waals surface area contributed by atoms with Crippen molar-refractivity contribution in [2.24, 2.45) is 5.92 Å². The molecule has 0 radical (unpaired) electrons. The summed E-state index contributed by atoms with van der Waals surface area (Å²) < 4.78 is 0. The van der Waals surface area contributed by atoms with E-state index in [1.807, 2.05) is 0 Å². The zero-order valence-corrected chi connectivity index (χ0v) is 11.8. The number of nitrogens with one attached hydrogen (secondary N) is 2. The second kappa shape index (κ2) is 7.62. The maximum Gasteiger partial charge on any atom is 0.314 e. The van der Waals surface area contributed by atoms with Gasteiger partial charge in [0.25, 0.3) is 0 Å². The van der Waals surface area contributed by atoms with Crippen molar-refractivity contribution in [3.8, 4) is 0 Å². The first kappa shape index (κ1) is 15.3. The number of hydrogen-bond acceptors (Lipinski definition) is 2. The summed E-state index contributed by atoms with van der Waals surface area (Å²) in [6, 6.07) is -0.148. The number of rotatable bonds is 8. The van der Waals surface area contributed by atoms with E-state index in [1.165, 1.54) is 19.3 Å². The lowest BCUT2D eigenvalue weighted by Crippen LogP contribution is -2.50. The molecule has 4 heteroatoms. The predicted molar refractivity (Wildman–Crippen MR) is 73.5 cm³/mol. The largest absolute Gasteiger partial charge is 0.388 e. The van der Waals surface area contributed by atoms with Crippen LogP contribution in [0.3, 0.4) is 0 Å². The fourth-order valence-corrected chi connectivity index (χ4v) is 2.25. The third-order valence-electron chi connectivity index (χ3n) is 3.96. The fourth-order valence-electron chi connectivity index (χ4n) is 2.25. The van der Waals surface area contributed by atoms with Crippen molar-refractivity contribution in [1.29, 1.82) is 0 Å². The van der Waals surface area contributed by atoms with Gasteiger partial charge in [-0.2, -0.15) is 0 Å². The highest BCUT2D eigenvalue weighted by molar-refractivity contribution is 5.73. The van der Waals surface area contributed by atoms with E-state index in [-0.39, 0.29) is 6.03 Å². The molecule has 1 unspecified atom stereocenters. The smallest absolute Gasteiger partial charge is 0.314 e. The van der Waals surface area contributed by atoms with Crippen molar-refractivity contribution in [3.05, 3.63) is 0 Å². The number of urea groups is 1. The van der Waals surface area contributed by atoms with Gasteiger partial charge in [0.2, 0.25) is 0 Å². The van der Waals surface area contributed by atoms with E-state index in [2.05, 4.69) is 24.5 Å². The molecule has 0 aliphatic heterocycles. The van der Waals surface area contributed by atoms with E-state index < -0.39 is 5.60 Å². The van der Waals surface area contributed by atoms with Gasteiger partial charge in [0.1, 0.15) is 0 Å². The van der Waals surface area contributed by atoms with Gasteiger partial charge in [-0.25, -0.2) is 4.79 Å². The first-order valence-electron chi connectivity index (χ1n) is 7.33. The summed E-state index contributed by atoms with van der Waals surface area (Å²) in [5, 5.41) is 15.5. The van der Waals surface area contributed by atoms with Gasteiger partial charge in [0, 0.05) is 13.1 Å². The maximum atomic E-state index is 11.6. The highest BCUT2D eigenvalue weighted by Crippen LogP contribution is 2.30. The molecule has 106 valence electrons. The molecule has 18 heavy (non-hydrogen) atoms. The quantitative estimate of drug-likeness (QED) is 0.624. The lowest BCUT2D eigenvalue weighted by atomic mass is 9.80. The van der Waals surface area contributed by atoms with Gasteiger partial charge < -0.3 is 15.7 Å². The van der Waals surface area contributed by atoms with Crippen LogP contribution >= 0.6 is 0 Å². The van der Waals surface area contributed by atoms with Crippen LogP contribution in [0.4, 0.5) is 4.79 Å². The normalized spacial score (nSPS) is 18.8. The van der Waals surface area contributed by atoms with Crippen LogP contribution in [-0.4, -0.2) is 29.8 Å². The fraction of sp³-hybridized carbons (Fsp3) is 0.929. The van der Waals surface area contributed by atoms with E-state index >= 15 is 0 Å². The minimum atomic E-state index is -0.635. The third-order valence-corrected chi connectivity index (χ3v) is 3.96. The van der Waals surface area contributed by atoms with Crippen LogP contribution in [0.2, 0.25) is 0 Å². The Morgan fingerprint density at radius 3 is 2.56 bits per heavy atom. The summed E-state index contributed by atoms with van der Waals surface area (Å²) in [7, 11) is 0. The van der Waals surface area contributed by atoms with Crippen LogP contribution in [0.15, 0.2) is 0 Å². The molecule has 2 amide bonds. The second-order valence-corrected chi connectivity index (χ2v) is 5.56. The molecule has 0 bridgehead atoms. The van der Waals surface area contributed by atoms with Crippen LogP contribution in [0.5, 0.6) is 0 Å². The molecule has 1 aliphatic rings. The van der Waals surface area contributed by atoms with E-state index in [0.717, 1.165) is 32.2 Å². The van der Waals surface area contributed by atoms with Crippen LogP contribution in [0.1, 0.15) is 58.8 Å². The summed E-state index contributed by atoms with van der Waals surface area (Å²) in [6.45, 7) is 5.47. The zero-order chi connectivity index (χ0) is 13.4. The zero-order valence-electron chi connectivity index (χ0n) is 11.8. The van der Waals surface area contributed by atoms with Crippen LogP contribution in [0.25, 0.3) is 0 Å². The van der Waals surface area contributed by atoms with Crippen molar-refractivity contribution in [2.45, 2.75) is 64.4 Å². The molecule has 3 N–H and O–H groups in total. The third kappa shape index (κ3) is 5.25. The van der Waals surface area contributed by atoms with E-state index in [0.29, 0.717) is 12.5 Å². The second-order valence-electron chi connectivity index (χ2n) is 5.56. The number of amides is 2. The molecule has 0 heterocycles. The standard InChI is InChI=1S/C14H28N2O2/c1-3-5-7-12(4-2)10-15-13(17)16-11-14(18)8-6-9-14/h12,18H,3-11H2,1-2H3,(H2,15,16,17). The highest BCUT2D eigenvalue weighted by atomic mass is 16.3. The number of aliphatic hydroxyl groups is 1. The van der Waals surface area contributed by atoms with Gasteiger partial charge in [0.15, 0.2) is 0 Å². The van der Waals surface area contributed by atoms with Crippen LogP contribution in [0, 0.1) is 5.92 Å². The maximum absolute atomic E-state index is 11.6. The Balaban J connectivity index is 2.11. The van der Waals surface area contributed by atoms with Crippen molar-refractivity contribution in [1.82, 2.24) is 10.6 Å². The van der Waals surface area contributed by atoms with Gasteiger partial charge in [-0.3, -0.25) is 0 Å². The summed E-state index contributed by atoms with van der Waals surface area (Å²) in [5.74, 6) is 0.572. The Morgan fingerprint density at radius 2 is 2.06 bits per heavy atom. The van der Waals surface area contributed by atoms with E-state index in [9.17, 15) is 9.90 Å². The SMILES string of the molecule is CCCCC(CC)CNC(=O)NCC1(O)CCC1. The molecule has 0 aromatic heterocycles. The highest BCUT2D eigenvalue weighted by Gasteiger charge is 2.34. The predicted octanol–water partition coefficient (Wildman–Crippen LogP) is 2.42. The average Bonchev–Trinajstić information content (AvgIpc) is 2.34. The lowest BCUT2D eigenvalue weighted by molar-refractivity contribution is -0.0290. The number of unbranched alkanes of at least 4 members (excludes halogenated alkanes) is 1. The Hall–Kier alpha value is -0.770. The van der Waals surface area contributed by atoms with Crippen molar-refractivity contribution in [2.75, 3.05) is 13.1 Å². The summed E-state index contributed by atoms with van der Waals surface area (Å²) in [4.78, 5) is 11.6. The Kier molecular flexibility index (Phi) is 6.47. The Bertz CT molecular complexity index is 252. The number of carbonyl (C=O) groups is 1. The molecule has 0 aromatic rings. The summed E-state index contributed by atoms with van der Waals surface area (Å²) >= 11 is 0. The molecule has 1 rings (SSSR count). The van der Waals surface area contributed by atoms with E-state index in [4.69, 9.17) is 0 Å². The molecule has 0 saturated heterocycles. The van der Waals surface area contributed by atoms with Gasteiger partial charge in [-0.15, -0.1) is 0 Å². The van der Waals surface area contributed by atoms with Crippen LogP contribution in [-0.2, 0) is 0 Å². The Morgan fingerprint density at radius 1 is 1.33 bits per heavy atom. The molecular formula is C14H28N2O2. The number of carbonyl (C=O) groups excluding carboxylic acids is 1. The molecule has 1 saturated carbocycles. The summed E-state index contributed by atoms with van der Waals surface area (Å²) in [5.41, 5.74) is -0.635. The van der Waals surface area contributed by atoms with E-state index in [1.54, 1.807) is 0 Å². The molecule has 4 nitrogen and oxygen atoms in total. The van der Waals surface area contributed by atoms with Gasteiger partial charge in [0.05, 0.1) is 5.60 Å². The Labute approximate surface area is 111 Å².